The van der Waals surface area contributed by atoms with E-state index in [0.717, 1.165) is 43.1 Å². The van der Waals surface area contributed by atoms with E-state index in [0.29, 0.717) is 5.92 Å². The molecule has 3 nitrogen and oxygen atoms in total. The third-order valence-corrected chi connectivity index (χ3v) is 3.86. The van der Waals surface area contributed by atoms with E-state index in [9.17, 15) is 0 Å². The molecule has 0 radical (unpaired) electrons. The number of nitrogens with zero attached hydrogens (tertiary/aromatic N) is 2. The van der Waals surface area contributed by atoms with Gasteiger partial charge in [-0.3, -0.25) is 0 Å². The maximum Gasteiger partial charge on any atom is 0.126 e. The van der Waals surface area contributed by atoms with E-state index in [4.69, 9.17) is 10.7 Å². The van der Waals surface area contributed by atoms with Gasteiger partial charge in [-0.1, -0.05) is 57.5 Å². The number of imidazole rings is 1. The number of hydrogen-bond acceptors (Lipinski definition) is 2. The number of aromatic nitrogens is 2. The zero-order valence-electron chi connectivity index (χ0n) is 13.5. The van der Waals surface area contributed by atoms with Gasteiger partial charge in [0, 0.05) is 12.5 Å². The number of unbranched alkanes of at least 4 members (excludes halogenated alkanes) is 1. The van der Waals surface area contributed by atoms with Crippen LogP contribution in [0.15, 0.2) is 30.3 Å². The van der Waals surface area contributed by atoms with Gasteiger partial charge in [0.1, 0.15) is 11.6 Å². The van der Waals surface area contributed by atoms with Crippen LogP contribution in [0.1, 0.15) is 56.6 Å². The van der Waals surface area contributed by atoms with Gasteiger partial charge in [0.25, 0.3) is 0 Å². The molecule has 1 aromatic carbocycles. The van der Waals surface area contributed by atoms with Crippen LogP contribution in [0.3, 0.4) is 0 Å². The Bertz CT molecular complexity index is 555. The minimum atomic E-state index is 0.412. The minimum absolute atomic E-state index is 0.412. The molecule has 21 heavy (non-hydrogen) atoms. The summed E-state index contributed by atoms with van der Waals surface area (Å²) in [6.45, 7) is 7.56. The molecule has 0 aliphatic heterocycles. The molecular formula is C18H27N3. The number of nitrogen functional groups attached to an aromatic ring is 1. The number of aryl methyl sites for hydroxylation is 2. The molecule has 0 atom stereocenters. The normalized spacial score (nSPS) is 11.2. The first kappa shape index (κ1) is 15.6. The molecule has 0 aliphatic carbocycles. The lowest BCUT2D eigenvalue weighted by Crippen LogP contribution is -2.08. The van der Waals surface area contributed by atoms with E-state index in [1.54, 1.807) is 0 Å². The maximum absolute atomic E-state index is 6.35. The molecule has 0 spiro atoms. The molecule has 0 unspecified atom stereocenters. The van der Waals surface area contributed by atoms with Crippen LogP contribution in [-0.2, 0) is 19.4 Å². The SMILES string of the molecule is CCCCn1c(C(C)C)nc(CCc2ccccc2)c1N. The van der Waals surface area contributed by atoms with Crippen LogP contribution < -0.4 is 5.73 Å². The summed E-state index contributed by atoms with van der Waals surface area (Å²) in [5.41, 5.74) is 8.74. The molecule has 0 fully saturated rings. The van der Waals surface area contributed by atoms with Crippen LogP contribution in [0.2, 0.25) is 0 Å². The lowest BCUT2D eigenvalue weighted by molar-refractivity contribution is 0.588. The van der Waals surface area contributed by atoms with Gasteiger partial charge in [0.15, 0.2) is 0 Å². The van der Waals surface area contributed by atoms with Crippen molar-refractivity contribution < 1.29 is 0 Å². The van der Waals surface area contributed by atoms with Crippen LogP contribution in [-0.4, -0.2) is 9.55 Å². The highest BCUT2D eigenvalue weighted by Gasteiger charge is 2.16. The van der Waals surface area contributed by atoms with E-state index in [1.807, 2.05) is 6.07 Å². The van der Waals surface area contributed by atoms with Gasteiger partial charge in [-0.05, 0) is 24.8 Å². The monoisotopic (exact) mass is 285 g/mol. The van der Waals surface area contributed by atoms with E-state index in [2.05, 4.69) is 49.6 Å². The molecule has 1 aromatic heterocycles. The number of rotatable bonds is 7. The van der Waals surface area contributed by atoms with Crippen LogP contribution >= 0.6 is 0 Å². The van der Waals surface area contributed by atoms with Crippen LogP contribution in [0.4, 0.5) is 5.82 Å². The first-order chi connectivity index (χ1) is 10.1. The molecule has 2 rings (SSSR count). The summed E-state index contributed by atoms with van der Waals surface area (Å²) in [5, 5.41) is 0. The Kier molecular flexibility index (Phi) is 5.43. The van der Waals surface area contributed by atoms with Crippen molar-refractivity contribution in [2.45, 2.75) is 58.9 Å². The third kappa shape index (κ3) is 3.87. The molecule has 2 N–H and O–H groups in total. The second-order valence-corrected chi connectivity index (χ2v) is 5.95. The Morgan fingerprint density at radius 3 is 2.48 bits per heavy atom. The van der Waals surface area contributed by atoms with Gasteiger partial charge in [-0.25, -0.2) is 4.98 Å². The molecule has 3 heteroatoms. The molecule has 0 saturated heterocycles. The molecule has 0 bridgehead atoms. The number of hydrogen-bond donors (Lipinski definition) is 1. The molecule has 0 amide bonds. The maximum atomic E-state index is 6.35. The largest absolute Gasteiger partial charge is 0.384 e. The minimum Gasteiger partial charge on any atom is -0.384 e. The molecule has 1 heterocycles. The highest BCUT2D eigenvalue weighted by atomic mass is 15.1. The molecule has 0 aliphatic rings. The zero-order chi connectivity index (χ0) is 15.2. The Morgan fingerprint density at radius 2 is 1.86 bits per heavy atom. The Labute approximate surface area is 128 Å². The summed E-state index contributed by atoms with van der Waals surface area (Å²) < 4.78 is 2.22. The number of anilines is 1. The third-order valence-electron chi connectivity index (χ3n) is 3.86. The smallest absolute Gasteiger partial charge is 0.126 e. The summed E-state index contributed by atoms with van der Waals surface area (Å²) in [5.74, 6) is 2.40. The fraction of sp³-hybridized carbons (Fsp3) is 0.500. The first-order valence-corrected chi connectivity index (χ1v) is 8.02. The van der Waals surface area contributed by atoms with E-state index >= 15 is 0 Å². The van der Waals surface area contributed by atoms with Gasteiger partial charge in [-0.2, -0.15) is 0 Å². The van der Waals surface area contributed by atoms with Gasteiger partial charge in [0.2, 0.25) is 0 Å². The van der Waals surface area contributed by atoms with Crippen molar-refractivity contribution >= 4 is 5.82 Å². The standard InChI is InChI=1S/C18H27N3/c1-4-5-13-21-17(19)16(20-18(21)14(2)3)12-11-15-9-7-6-8-10-15/h6-10,14H,4-5,11-13,19H2,1-3H3. The Balaban J connectivity index is 2.15. The molecule has 114 valence electrons. The fourth-order valence-electron chi connectivity index (χ4n) is 2.62. The van der Waals surface area contributed by atoms with Gasteiger partial charge < -0.3 is 10.3 Å². The van der Waals surface area contributed by atoms with Gasteiger partial charge in [0.05, 0.1) is 5.69 Å². The summed E-state index contributed by atoms with van der Waals surface area (Å²) in [4.78, 5) is 4.82. The molecular weight excluding hydrogens is 258 g/mol. The van der Waals surface area contributed by atoms with Crippen molar-refractivity contribution in [2.24, 2.45) is 0 Å². The topological polar surface area (TPSA) is 43.8 Å². The average molecular weight is 285 g/mol. The fourth-order valence-corrected chi connectivity index (χ4v) is 2.62. The van der Waals surface area contributed by atoms with Crippen molar-refractivity contribution in [1.29, 1.82) is 0 Å². The van der Waals surface area contributed by atoms with Gasteiger partial charge in [-0.15, -0.1) is 0 Å². The second kappa shape index (κ2) is 7.30. The van der Waals surface area contributed by atoms with E-state index in [1.165, 1.54) is 12.0 Å². The van der Waals surface area contributed by atoms with Crippen LogP contribution in [0, 0.1) is 0 Å². The number of nitrogens with two attached hydrogens (primary N) is 1. The predicted molar refractivity (Wildman–Crippen MR) is 89.5 cm³/mol. The Hall–Kier alpha value is -1.77. The highest BCUT2D eigenvalue weighted by Crippen LogP contribution is 2.23. The summed E-state index contributed by atoms with van der Waals surface area (Å²) in [7, 11) is 0. The van der Waals surface area contributed by atoms with E-state index in [-0.39, 0.29) is 0 Å². The number of benzene rings is 1. The first-order valence-electron chi connectivity index (χ1n) is 8.02. The van der Waals surface area contributed by atoms with Crippen LogP contribution in [0.5, 0.6) is 0 Å². The lowest BCUT2D eigenvalue weighted by atomic mass is 10.1. The van der Waals surface area contributed by atoms with Crippen LogP contribution in [0.25, 0.3) is 0 Å². The average Bonchev–Trinajstić information content (AvgIpc) is 2.81. The highest BCUT2D eigenvalue weighted by molar-refractivity contribution is 5.39. The van der Waals surface area contributed by atoms with Crippen molar-refractivity contribution in [3.63, 3.8) is 0 Å². The van der Waals surface area contributed by atoms with E-state index < -0.39 is 0 Å². The summed E-state index contributed by atoms with van der Waals surface area (Å²) in [6.07, 6.45) is 4.23. The summed E-state index contributed by atoms with van der Waals surface area (Å²) in [6, 6.07) is 10.5. The van der Waals surface area contributed by atoms with Crippen molar-refractivity contribution in [1.82, 2.24) is 9.55 Å². The predicted octanol–water partition coefficient (Wildman–Crippen LogP) is 4.17. The van der Waals surface area contributed by atoms with Gasteiger partial charge >= 0.3 is 0 Å². The van der Waals surface area contributed by atoms with Crippen molar-refractivity contribution in [3.05, 3.63) is 47.4 Å². The Morgan fingerprint density at radius 1 is 1.14 bits per heavy atom. The molecule has 2 aromatic rings. The summed E-state index contributed by atoms with van der Waals surface area (Å²) >= 11 is 0. The zero-order valence-corrected chi connectivity index (χ0v) is 13.5. The second-order valence-electron chi connectivity index (χ2n) is 5.95. The molecule has 0 saturated carbocycles. The lowest BCUT2D eigenvalue weighted by Gasteiger charge is -2.11. The van der Waals surface area contributed by atoms with Crippen molar-refractivity contribution in [2.75, 3.05) is 5.73 Å². The quantitative estimate of drug-likeness (QED) is 0.829. The van der Waals surface area contributed by atoms with Crippen molar-refractivity contribution in [3.8, 4) is 0 Å².